The third-order valence-electron chi connectivity index (χ3n) is 2.14. The number of carbonyl (C=O) groups excluding carboxylic acids is 1. The number of halogens is 1. The van der Waals surface area contributed by atoms with Gasteiger partial charge in [0.15, 0.2) is 0 Å². The minimum absolute atomic E-state index is 0. The Labute approximate surface area is 96.2 Å². The number of benzene rings is 1. The molecule has 15 heavy (non-hydrogen) atoms. The number of rotatable bonds is 3. The normalized spacial score (nSPS) is 11.4. The number of hydrogen-bond donors (Lipinski definition) is 1. The van der Waals surface area contributed by atoms with Crippen LogP contribution in [0.4, 0.5) is 0 Å². The molecular weight excluding hydrogens is 214 g/mol. The van der Waals surface area contributed by atoms with Crippen molar-refractivity contribution in [3.05, 3.63) is 35.4 Å². The Kier molecular flexibility index (Phi) is 5.97. The van der Waals surface area contributed by atoms with E-state index in [1.165, 1.54) is 12.7 Å². The summed E-state index contributed by atoms with van der Waals surface area (Å²) in [5.74, 6) is -0.267. The maximum atomic E-state index is 11.3. The van der Waals surface area contributed by atoms with Crippen molar-refractivity contribution in [2.75, 3.05) is 14.2 Å². The van der Waals surface area contributed by atoms with Crippen LogP contribution in [0, 0.1) is 6.92 Å². The van der Waals surface area contributed by atoms with Crippen LogP contribution in [0.5, 0.6) is 0 Å². The first-order valence-electron chi connectivity index (χ1n) is 4.50. The molecule has 1 rings (SSSR count). The quantitative estimate of drug-likeness (QED) is 0.804. The van der Waals surface area contributed by atoms with Gasteiger partial charge in [-0.1, -0.05) is 29.8 Å². The van der Waals surface area contributed by atoms with Crippen molar-refractivity contribution in [3.8, 4) is 0 Å². The zero-order valence-electron chi connectivity index (χ0n) is 9.11. The number of methoxy groups -OCH3 is 1. The molecule has 1 atom stereocenters. The third-order valence-corrected chi connectivity index (χ3v) is 2.14. The summed E-state index contributed by atoms with van der Waals surface area (Å²) >= 11 is 0. The molecule has 0 bridgehead atoms. The van der Waals surface area contributed by atoms with E-state index in [4.69, 9.17) is 0 Å². The second kappa shape index (κ2) is 6.43. The SMILES string of the molecule is CNC(C(=O)OC)c1ccc(C)cc1.Cl. The Balaban J connectivity index is 0.00000196. The maximum absolute atomic E-state index is 11.3. The lowest BCUT2D eigenvalue weighted by atomic mass is 10.1. The van der Waals surface area contributed by atoms with Gasteiger partial charge in [0.25, 0.3) is 0 Å². The predicted molar refractivity (Wildman–Crippen MR) is 62.2 cm³/mol. The molecule has 4 heteroatoms. The fourth-order valence-electron chi connectivity index (χ4n) is 1.30. The summed E-state index contributed by atoms with van der Waals surface area (Å²) in [4.78, 5) is 11.3. The highest BCUT2D eigenvalue weighted by Crippen LogP contribution is 2.14. The summed E-state index contributed by atoms with van der Waals surface area (Å²) in [5, 5.41) is 2.91. The van der Waals surface area contributed by atoms with Gasteiger partial charge in [-0.05, 0) is 19.5 Å². The van der Waals surface area contributed by atoms with Gasteiger partial charge in [-0.25, -0.2) is 4.79 Å². The highest BCUT2D eigenvalue weighted by molar-refractivity contribution is 5.85. The van der Waals surface area contributed by atoms with Crippen molar-refractivity contribution >= 4 is 18.4 Å². The van der Waals surface area contributed by atoms with Crippen LogP contribution < -0.4 is 5.32 Å². The Morgan fingerprint density at radius 2 is 1.87 bits per heavy atom. The first kappa shape index (κ1) is 13.9. The zero-order chi connectivity index (χ0) is 10.6. The lowest BCUT2D eigenvalue weighted by Gasteiger charge is -2.13. The molecule has 0 amide bonds. The molecular formula is C11H16ClNO2. The van der Waals surface area contributed by atoms with Crippen LogP contribution in [0.3, 0.4) is 0 Å². The third kappa shape index (κ3) is 3.53. The van der Waals surface area contributed by atoms with Gasteiger partial charge in [0, 0.05) is 0 Å². The predicted octanol–water partition coefficient (Wildman–Crippen LogP) is 1.85. The summed E-state index contributed by atoms with van der Waals surface area (Å²) in [5.41, 5.74) is 2.10. The Hall–Kier alpha value is -1.06. The molecule has 1 unspecified atom stereocenters. The number of carbonyl (C=O) groups is 1. The minimum Gasteiger partial charge on any atom is -0.468 e. The molecule has 0 radical (unpaired) electrons. The van der Waals surface area contributed by atoms with E-state index >= 15 is 0 Å². The largest absolute Gasteiger partial charge is 0.468 e. The first-order valence-corrected chi connectivity index (χ1v) is 4.50. The number of ether oxygens (including phenoxy) is 1. The van der Waals surface area contributed by atoms with Gasteiger partial charge in [-0.2, -0.15) is 0 Å². The van der Waals surface area contributed by atoms with Crippen molar-refractivity contribution in [2.45, 2.75) is 13.0 Å². The second-order valence-electron chi connectivity index (χ2n) is 3.16. The van der Waals surface area contributed by atoms with Crippen LogP contribution in [0.2, 0.25) is 0 Å². The summed E-state index contributed by atoms with van der Waals surface area (Å²) in [7, 11) is 3.13. The monoisotopic (exact) mass is 229 g/mol. The average Bonchev–Trinajstić information content (AvgIpc) is 2.21. The van der Waals surface area contributed by atoms with Gasteiger partial charge in [0.05, 0.1) is 7.11 Å². The zero-order valence-corrected chi connectivity index (χ0v) is 9.93. The lowest BCUT2D eigenvalue weighted by molar-refractivity contribution is -0.143. The number of aryl methyl sites for hydroxylation is 1. The van der Waals surface area contributed by atoms with E-state index in [0.29, 0.717) is 0 Å². The van der Waals surface area contributed by atoms with Gasteiger partial charge in [0.2, 0.25) is 0 Å². The minimum atomic E-state index is -0.374. The molecule has 1 N–H and O–H groups in total. The standard InChI is InChI=1S/C11H15NO2.ClH/c1-8-4-6-9(7-5-8)10(12-2)11(13)14-3;/h4-7,10,12H,1-3H3;1H. The fourth-order valence-corrected chi connectivity index (χ4v) is 1.30. The number of likely N-dealkylation sites (N-methyl/N-ethyl adjacent to an activating group) is 1. The van der Waals surface area contributed by atoms with E-state index in [0.717, 1.165) is 5.56 Å². The van der Waals surface area contributed by atoms with Gasteiger partial charge in [0.1, 0.15) is 6.04 Å². The van der Waals surface area contributed by atoms with Crippen molar-refractivity contribution in [1.82, 2.24) is 5.32 Å². The maximum Gasteiger partial charge on any atom is 0.327 e. The van der Waals surface area contributed by atoms with Crippen LogP contribution in [-0.2, 0) is 9.53 Å². The Morgan fingerprint density at radius 3 is 2.27 bits per heavy atom. The molecule has 84 valence electrons. The van der Waals surface area contributed by atoms with Crippen LogP contribution >= 0.6 is 12.4 Å². The number of hydrogen-bond acceptors (Lipinski definition) is 3. The molecule has 0 fully saturated rings. The molecule has 0 saturated heterocycles. The molecule has 0 saturated carbocycles. The van der Waals surface area contributed by atoms with E-state index in [-0.39, 0.29) is 24.4 Å². The molecule has 0 aromatic heterocycles. The summed E-state index contributed by atoms with van der Waals surface area (Å²) in [6.45, 7) is 2.01. The van der Waals surface area contributed by atoms with Crippen LogP contribution in [-0.4, -0.2) is 20.1 Å². The first-order chi connectivity index (χ1) is 6.69. The molecule has 0 aliphatic rings. The van der Waals surface area contributed by atoms with Crippen LogP contribution in [0.15, 0.2) is 24.3 Å². The van der Waals surface area contributed by atoms with E-state index in [2.05, 4.69) is 10.1 Å². The topological polar surface area (TPSA) is 38.3 Å². The van der Waals surface area contributed by atoms with E-state index in [1.807, 2.05) is 31.2 Å². The number of esters is 1. The second-order valence-corrected chi connectivity index (χ2v) is 3.16. The van der Waals surface area contributed by atoms with E-state index < -0.39 is 0 Å². The van der Waals surface area contributed by atoms with Crippen molar-refractivity contribution in [3.63, 3.8) is 0 Å². The molecule has 0 aliphatic heterocycles. The molecule has 0 aliphatic carbocycles. The molecule has 1 aromatic rings. The Morgan fingerprint density at radius 1 is 1.33 bits per heavy atom. The highest BCUT2D eigenvalue weighted by Gasteiger charge is 2.18. The molecule has 0 spiro atoms. The smallest absolute Gasteiger partial charge is 0.327 e. The van der Waals surface area contributed by atoms with Gasteiger partial charge < -0.3 is 10.1 Å². The van der Waals surface area contributed by atoms with Crippen molar-refractivity contribution < 1.29 is 9.53 Å². The average molecular weight is 230 g/mol. The van der Waals surface area contributed by atoms with Crippen LogP contribution in [0.25, 0.3) is 0 Å². The highest BCUT2D eigenvalue weighted by atomic mass is 35.5. The summed E-state index contributed by atoms with van der Waals surface area (Å²) in [6.07, 6.45) is 0. The Bertz CT molecular complexity index is 311. The van der Waals surface area contributed by atoms with Gasteiger partial charge in [-0.15, -0.1) is 12.4 Å². The molecule has 1 aromatic carbocycles. The van der Waals surface area contributed by atoms with E-state index in [9.17, 15) is 4.79 Å². The van der Waals surface area contributed by atoms with E-state index in [1.54, 1.807) is 7.05 Å². The summed E-state index contributed by atoms with van der Waals surface area (Å²) in [6, 6.07) is 7.42. The number of nitrogens with one attached hydrogen (secondary N) is 1. The fraction of sp³-hybridized carbons (Fsp3) is 0.364. The lowest BCUT2D eigenvalue weighted by Crippen LogP contribution is -2.26. The van der Waals surface area contributed by atoms with Gasteiger partial charge in [-0.3, -0.25) is 0 Å². The molecule has 0 heterocycles. The van der Waals surface area contributed by atoms with Crippen molar-refractivity contribution in [2.24, 2.45) is 0 Å². The van der Waals surface area contributed by atoms with Crippen molar-refractivity contribution in [1.29, 1.82) is 0 Å². The van der Waals surface area contributed by atoms with Gasteiger partial charge >= 0.3 is 5.97 Å². The molecule has 3 nitrogen and oxygen atoms in total. The summed E-state index contributed by atoms with van der Waals surface area (Å²) < 4.78 is 4.69. The van der Waals surface area contributed by atoms with Crippen LogP contribution in [0.1, 0.15) is 17.2 Å².